The quantitative estimate of drug-likeness (QED) is 0.769. The highest BCUT2D eigenvalue weighted by Gasteiger charge is 2.16. The number of hydrogen-bond acceptors (Lipinski definition) is 3. The third-order valence-electron chi connectivity index (χ3n) is 3.63. The summed E-state index contributed by atoms with van der Waals surface area (Å²) in [5.41, 5.74) is 1.83. The molecule has 1 aromatic rings. The van der Waals surface area contributed by atoms with Gasteiger partial charge in [0.15, 0.2) is 0 Å². The normalized spacial score (nSPS) is 17.7. The van der Waals surface area contributed by atoms with Gasteiger partial charge >= 0.3 is 5.97 Å². The van der Waals surface area contributed by atoms with E-state index in [0.717, 1.165) is 25.6 Å². The number of carbonyl (C=O) groups is 1. The maximum atomic E-state index is 11.5. The van der Waals surface area contributed by atoms with Crippen LogP contribution in [0.15, 0.2) is 24.3 Å². The minimum absolute atomic E-state index is 0.260. The molecule has 3 nitrogen and oxygen atoms in total. The van der Waals surface area contributed by atoms with Gasteiger partial charge in [-0.25, -0.2) is 4.79 Å². The molecule has 0 spiro atoms. The zero-order valence-corrected chi connectivity index (χ0v) is 11.2. The van der Waals surface area contributed by atoms with Crippen LogP contribution in [0, 0.1) is 5.92 Å². The molecule has 2 rings (SSSR count). The Morgan fingerprint density at radius 1 is 1.39 bits per heavy atom. The standard InChI is InChI=1S/C15H21NO2/c1-12-6-8-16(9-7-12)11-13-4-3-5-14(10-13)15(17)18-2/h3-5,10,12H,6-9,11H2,1-2H3. The van der Waals surface area contributed by atoms with E-state index < -0.39 is 0 Å². The van der Waals surface area contributed by atoms with Crippen molar-refractivity contribution in [3.8, 4) is 0 Å². The summed E-state index contributed by atoms with van der Waals surface area (Å²) in [7, 11) is 1.42. The molecular weight excluding hydrogens is 226 g/mol. The molecule has 1 aliphatic rings. The Morgan fingerprint density at radius 3 is 2.78 bits per heavy atom. The number of nitrogens with zero attached hydrogens (tertiary/aromatic N) is 1. The number of piperidine rings is 1. The minimum Gasteiger partial charge on any atom is -0.465 e. The molecule has 1 aliphatic heterocycles. The third kappa shape index (κ3) is 3.33. The average Bonchev–Trinajstić information content (AvgIpc) is 2.41. The minimum atomic E-state index is -0.260. The Labute approximate surface area is 109 Å². The Bertz CT molecular complexity index is 409. The van der Waals surface area contributed by atoms with Crippen LogP contribution < -0.4 is 0 Å². The van der Waals surface area contributed by atoms with Crippen molar-refractivity contribution in [2.45, 2.75) is 26.3 Å². The Hall–Kier alpha value is -1.35. The number of rotatable bonds is 3. The Kier molecular flexibility index (Phi) is 4.37. The van der Waals surface area contributed by atoms with Crippen molar-refractivity contribution in [1.29, 1.82) is 0 Å². The van der Waals surface area contributed by atoms with Crippen molar-refractivity contribution in [3.05, 3.63) is 35.4 Å². The fourth-order valence-corrected chi connectivity index (χ4v) is 2.39. The lowest BCUT2D eigenvalue weighted by Crippen LogP contribution is -2.32. The molecule has 1 aromatic carbocycles. The Morgan fingerprint density at radius 2 is 2.11 bits per heavy atom. The van der Waals surface area contributed by atoms with Crippen LogP contribution >= 0.6 is 0 Å². The maximum Gasteiger partial charge on any atom is 0.337 e. The molecule has 0 N–H and O–H groups in total. The predicted molar refractivity (Wildman–Crippen MR) is 71.5 cm³/mol. The third-order valence-corrected chi connectivity index (χ3v) is 3.63. The van der Waals surface area contributed by atoms with Crippen LogP contribution in [0.2, 0.25) is 0 Å². The molecule has 0 amide bonds. The van der Waals surface area contributed by atoms with E-state index in [0.29, 0.717) is 5.56 Å². The first kappa shape index (κ1) is 13.1. The van der Waals surface area contributed by atoms with Gasteiger partial charge in [-0.05, 0) is 49.5 Å². The fraction of sp³-hybridized carbons (Fsp3) is 0.533. The average molecular weight is 247 g/mol. The van der Waals surface area contributed by atoms with E-state index >= 15 is 0 Å². The molecule has 0 bridgehead atoms. The van der Waals surface area contributed by atoms with Crippen LogP contribution in [0.4, 0.5) is 0 Å². The Balaban J connectivity index is 1.99. The first-order chi connectivity index (χ1) is 8.69. The molecule has 1 heterocycles. The molecular formula is C15H21NO2. The highest BCUT2D eigenvalue weighted by molar-refractivity contribution is 5.89. The van der Waals surface area contributed by atoms with E-state index in [-0.39, 0.29) is 5.97 Å². The van der Waals surface area contributed by atoms with E-state index in [1.165, 1.54) is 25.5 Å². The van der Waals surface area contributed by atoms with Crippen molar-refractivity contribution in [2.75, 3.05) is 20.2 Å². The summed E-state index contributed by atoms with van der Waals surface area (Å²) in [6.45, 7) is 5.56. The smallest absolute Gasteiger partial charge is 0.337 e. The molecule has 0 atom stereocenters. The van der Waals surface area contributed by atoms with E-state index in [4.69, 9.17) is 4.74 Å². The van der Waals surface area contributed by atoms with Gasteiger partial charge in [0.05, 0.1) is 12.7 Å². The maximum absolute atomic E-state index is 11.5. The van der Waals surface area contributed by atoms with Gasteiger partial charge in [0.1, 0.15) is 0 Å². The largest absolute Gasteiger partial charge is 0.465 e. The van der Waals surface area contributed by atoms with Crippen LogP contribution in [0.5, 0.6) is 0 Å². The zero-order chi connectivity index (χ0) is 13.0. The molecule has 3 heteroatoms. The van der Waals surface area contributed by atoms with Crippen LogP contribution in [0.25, 0.3) is 0 Å². The van der Waals surface area contributed by atoms with Crippen LogP contribution in [0.1, 0.15) is 35.7 Å². The van der Waals surface area contributed by atoms with Gasteiger partial charge in [0.2, 0.25) is 0 Å². The molecule has 98 valence electrons. The lowest BCUT2D eigenvalue weighted by atomic mass is 9.98. The second-order valence-electron chi connectivity index (χ2n) is 5.15. The van der Waals surface area contributed by atoms with Crippen LogP contribution in [-0.2, 0) is 11.3 Å². The SMILES string of the molecule is COC(=O)c1cccc(CN2CCC(C)CC2)c1. The van der Waals surface area contributed by atoms with Gasteiger partial charge in [-0.15, -0.1) is 0 Å². The molecule has 0 unspecified atom stereocenters. The number of esters is 1. The van der Waals surface area contributed by atoms with Gasteiger partial charge < -0.3 is 4.74 Å². The first-order valence-corrected chi connectivity index (χ1v) is 6.58. The second kappa shape index (κ2) is 6.01. The van der Waals surface area contributed by atoms with Crippen molar-refractivity contribution in [1.82, 2.24) is 4.90 Å². The van der Waals surface area contributed by atoms with E-state index in [2.05, 4.69) is 17.9 Å². The van der Waals surface area contributed by atoms with E-state index in [9.17, 15) is 4.79 Å². The fourth-order valence-electron chi connectivity index (χ4n) is 2.39. The number of benzene rings is 1. The van der Waals surface area contributed by atoms with E-state index in [1.807, 2.05) is 12.1 Å². The topological polar surface area (TPSA) is 29.5 Å². The molecule has 1 saturated heterocycles. The highest BCUT2D eigenvalue weighted by Crippen LogP contribution is 2.18. The summed E-state index contributed by atoms with van der Waals surface area (Å²) in [4.78, 5) is 13.9. The summed E-state index contributed by atoms with van der Waals surface area (Å²) < 4.78 is 4.74. The molecule has 0 radical (unpaired) electrons. The lowest BCUT2D eigenvalue weighted by molar-refractivity contribution is 0.0600. The van der Waals surface area contributed by atoms with Gasteiger partial charge in [-0.3, -0.25) is 4.90 Å². The van der Waals surface area contributed by atoms with Crippen molar-refractivity contribution in [2.24, 2.45) is 5.92 Å². The van der Waals surface area contributed by atoms with Gasteiger partial charge in [-0.1, -0.05) is 19.1 Å². The summed E-state index contributed by atoms with van der Waals surface area (Å²) in [5, 5.41) is 0. The zero-order valence-electron chi connectivity index (χ0n) is 11.2. The molecule has 0 aromatic heterocycles. The van der Waals surface area contributed by atoms with Crippen molar-refractivity contribution >= 4 is 5.97 Å². The van der Waals surface area contributed by atoms with E-state index in [1.54, 1.807) is 6.07 Å². The number of likely N-dealkylation sites (tertiary alicyclic amines) is 1. The number of hydrogen-bond donors (Lipinski definition) is 0. The second-order valence-corrected chi connectivity index (χ2v) is 5.15. The van der Waals surface area contributed by atoms with Crippen LogP contribution in [0.3, 0.4) is 0 Å². The monoisotopic (exact) mass is 247 g/mol. The van der Waals surface area contributed by atoms with Gasteiger partial charge in [-0.2, -0.15) is 0 Å². The highest BCUT2D eigenvalue weighted by atomic mass is 16.5. The van der Waals surface area contributed by atoms with Crippen molar-refractivity contribution in [3.63, 3.8) is 0 Å². The molecule has 1 fully saturated rings. The molecule has 0 saturated carbocycles. The molecule has 18 heavy (non-hydrogen) atoms. The van der Waals surface area contributed by atoms with Crippen molar-refractivity contribution < 1.29 is 9.53 Å². The summed E-state index contributed by atoms with van der Waals surface area (Å²) in [5.74, 6) is 0.590. The lowest BCUT2D eigenvalue weighted by Gasteiger charge is -2.30. The molecule has 0 aliphatic carbocycles. The predicted octanol–water partition coefficient (Wildman–Crippen LogP) is 2.71. The summed E-state index contributed by atoms with van der Waals surface area (Å²) >= 11 is 0. The number of ether oxygens (including phenoxy) is 1. The van der Waals surface area contributed by atoms with Crippen LogP contribution in [-0.4, -0.2) is 31.1 Å². The number of carbonyl (C=O) groups excluding carboxylic acids is 1. The summed E-state index contributed by atoms with van der Waals surface area (Å²) in [6, 6.07) is 7.73. The number of methoxy groups -OCH3 is 1. The van der Waals surface area contributed by atoms with Gasteiger partial charge in [0, 0.05) is 6.54 Å². The summed E-state index contributed by atoms with van der Waals surface area (Å²) in [6.07, 6.45) is 2.55. The van der Waals surface area contributed by atoms with Gasteiger partial charge in [0.25, 0.3) is 0 Å². The first-order valence-electron chi connectivity index (χ1n) is 6.58.